The molecule has 0 amide bonds. The molecule has 0 radical (unpaired) electrons. The Bertz CT molecular complexity index is 312. The molecule has 0 atom stereocenters. The summed E-state index contributed by atoms with van der Waals surface area (Å²) in [5.74, 6) is 0.953. The van der Waals surface area contributed by atoms with Crippen molar-refractivity contribution in [1.29, 1.82) is 0 Å². The first kappa shape index (κ1) is 14.4. The van der Waals surface area contributed by atoms with Gasteiger partial charge in [-0.15, -0.1) is 0 Å². The van der Waals surface area contributed by atoms with Gasteiger partial charge in [0.2, 0.25) is 0 Å². The third-order valence-corrected chi connectivity index (χ3v) is 4.00. The van der Waals surface area contributed by atoms with Crippen LogP contribution in [0.1, 0.15) is 39.0 Å². The minimum Gasteiger partial charge on any atom is -0.356 e. The van der Waals surface area contributed by atoms with Crippen molar-refractivity contribution >= 4 is 5.96 Å². The molecule has 4 nitrogen and oxygen atoms in total. The molecule has 0 aromatic rings. The van der Waals surface area contributed by atoms with Crippen molar-refractivity contribution in [3.05, 3.63) is 12.2 Å². The van der Waals surface area contributed by atoms with Gasteiger partial charge in [0.25, 0.3) is 0 Å². The lowest BCUT2D eigenvalue weighted by atomic mass is 10.1. The van der Waals surface area contributed by atoms with E-state index in [9.17, 15) is 0 Å². The van der Waals surface area contributed by atoms with E-state index in [0.29, 0.717) is 6.04 Å². The lowest BCUT2D eigenvalue weighted by molar-refractivity contribution is 0.197. The fourth-order valence-corrected chi connectivity index (χ4v) is 2.68. The van der Waals surface area contributed by atoms with Gasteiger partial charge in [-0.05, 0) is 39.0 Å². The molecule has 19 heavy (non-hydrogen) atoms. The zero-order valence-electron chi connectivity index (χ0n) is 12.4. The zero-order valence-corrected chi connectivity index (χ0v) is 12.4. The summed E-state index contributed by atoms with van der Waals surface area (Å²) in [5.41, 5.74) is 0. The largest absolute Gasteiger partial charge is 0.356 e. The zero-order chi connectivity index (χ0) is 13.5. The van der Waals surface area contributed by atoms with Crippen molar-refractivity contribution < 1.29 is 0 Å². The molecule has 0 aromatic heterocycles. The van der Waals surface area contributed by atoms with Crippen molar-refractivity contribution in [1.82, 2.24) is 15.5 Å². The molecule has 1 aliphatic carbocycles. The first-order valence-corrected chi connectivity index (χ1v) is 7.66. The number of likely N-dealkylation sites (tertiary alicyclic amines) is 1. The quantitative estimate of drug-likeness (QED) is 0.344. The highest BCUT2D eigenvalue weighted by Crippen LogP contribution is 2.29. The highest BCUT2D eigenvalue weighted by atomic mass is 15.2. The Hall–Kier alpha value is -1.03. The van der Waals surface area contributed by atoms with E-state index in [1.54, 1.807) is 0 Å². The summed E-state index contributed by atoms with van der Waals surface area (Å²) in [4.78, 5) is 6.96. The van der Waals surface area contributed by atoms with Gasteiger partial charge >= 0.3 is 0 Å². The predicted molar refractivity (Wildman–Crippen MR) is 81.5 cm³/mol. The summed E-state index contributed by atoms with van der Waals surface area (Å²) < 4.78 is 0. The van der Waals surface area contributed by atoms with Crippen molar-refractivity contribution in [2.75, 3.05) is 26.7 Å². The van der Waals surface area contributed by atoms with Gasteiger partial charge in [0, 0.05) is 38.8 Å². The Kier molecular flexibility index (Phi) is 5.70. The van der Waals surface area contributed by atoms with Crippen LogP contribution in [0.25, 0.3) is 0 Å². The van der Waals surface area contributed by atoms with Crippen molar-refractivity contribution in [3.8, 4) is 0 Å². The first-order chi connectivity index (χ1) is 9.33. The van der Waals surface area contributed by atoms with Gasteiger partial charge < -0.3 is 15.5 Å². The van der Waals surface area contributed by atoms with Crippen LogP contribution in [0, 0.1) is 0 Å². The number of nitrogens with one attached hydrogen (secondary N) is 2. The molecule has 1 aliphatic heterocycles. The summed E-state index contributed by atoms with van der Waals surface area (Å²) in [6.07, 6.45) is 10.6. The molecule has 4 heteroatoms. The van der Waals surface area contributed by atoms with Gasteiger partial charge in [-0.25, -0.2) is 0 Å². The lowest BCUT2D eigenvalue weighted by Crippen LogP contribution is -2.49. The summed E-state index contributed by atoms with van der Waals surface area (Å²) in [6.45, 7) is 5.50. The average Bonchev–Trinajstić information content (AvgIpc) is 3.27. The average molecular weight is 264 g/mol. The van der Waals surface area contributed by atoms with Gasteiger partial charge in [0.15, 0.2) is 5.96 Å². The molecule has 2 rings (SSSR count). The number of nitrogens with zero attached hydrogens (tertiary/aromatic N) is 2. The molecule has 0 aromatic carbocycles. The van der Waals surface area contributed by atoms with E-state index in [4.69, 9.17) is 0 Å². The van der Waals surface area contributed by atoms with E-state index < -0.39 is 0 Å². The first-order valence-electron chi connectivity index (χ1n) is 7.66. The normalized spacial score (nSPS) is 22.9. The molecule has 2 aliphatic rings. The Morgan fingerprint density at radius 1 is 1.26 bits per heavy atom. The van der Waals surface area contributed by atoms with E-state index in [1.807, 2.05) is 7.05 Å². The number of guanidine groups is 1. The summed E-state index contributed by atoms with van der Waals surface area (Å²) >= 11 is 0. The maximum atomic E-state index is 4.30. The Morgan fingerprint density at radius 2 is 2.00 bits per heavy atom. The SMILES string of the molecule is C/C=C/CCNC(=NC)NC1CCN(C2CC2)CC1. The lowest BCUT2D eigenvalue weighted by Gasteiger charge is -2.33. The Balaban J connectivity index is 1.64. The molecule has 2 N–H and O–H groups in total. The number of hydrogen-bond donors (Lipinski definition) is 2. The number of aliphatic imine (C=N–C) groups is 1. The maximum absolute atomic E-state index is 4.30. The fourth-order valence-electron chi connectivity index (χ4n) is 2.68. The number of piperidine rings is 1. The van der Waals surface area contributed by atoms with Crippen LogP contribution in [0.15, 0.2) is 17.1 Å². The second-order valence-electron chi connectivity index (χ2n) is 5.54. The third kappa shape index (κ3) is 4.86. The monoisotopic (exact) mass is 264 g/mol. The van der Waals surface area contributed by atoms with Crippen LogP contribution in [-0.4, -0.2) is 49.6 Å². The van der Waals surface area contributed by atoms with Crippen LogP contribution in [-0.2, 0) is 0 Å². The van der Waals surface area contributed by atoms with Crippen molar-refractivity contribution in [2.24, 2.45) is 4.99 Å². The van der Waals surface area contributed by atoms with Crippen LogP contribution < -0.4 is 10.6 Å². The minimum atomic E-state index is 0.586. The molecule has 1 saturated carbocycles. The van der Waals surface area contributed by atoms with Gasteiger partial charge in [-0.2, -0.15) is 0 Å². The van der Waals surface area contributed by atoms with Crippen LogP contribution in [0.4, 0.5) is 0 Å². The molecule has 2 fully saturated rings. The van der Waals surface area contributed by atoms with E-state index in [-0.39, 0.29) is 0 Å². The van der Waals surface area contributed by atoms with Crippen LogP contribution in [0.2, 0.25) is 0 Å². The van der Waals surface area contributed by atoms with Crippen molar-refractivity contribution in [3.63, 3.8) is 0 Å². The summed E-state index contributed by atoms with van der Waals surface area (Å²) in [5, 5.41) is 6.92. The van der Waals surface area contributed by atoms with Crippen LogP contribution in [0.3, 0.4) is 0 Å². The highest BCUT2D eigenvalue weighted by molar-refractivity contribution is 5.79. The van der Waals surface area contributed by atoms with Crippen LogP contribution >= 0.6 is 0 Å². The molecular weight excluding hydrogens is 236 g/mol. The fraction of sp³-hybridized carbons (Fsp3) is 0.800. The number of allylic oxidation sites excluding steroid dienone is 1. The summed E-state index contributed by atoms with van der Waals surface area (Å²) in [7, 11) is 1.85. The van der Waals surface area contributed by atoms with Gasteiger partial charge in [-0.3, -0.25) is 4.99 Å². The van der Waals surface area contributed by atoms with Crippen molar-refractivity contribution in [2.45, 2.75) is 51.1 Å². The maximum Gasteiger partial charge on any atom is 0.191 e. The minimum absolute atomic E-state index is 0.586. The van der Waals surface area contributed by atoms with Gasteiger partial charge in [0.05, 0.1) is 0 Å². The number of hydrogen-bond acceptors (Lipinski definition) is 2. The third-order valence-electron chi connectivity index (χ3n) is 4.00. The van der Waals surface area contributed by atoms with E-state index in [1.165, 1.54) is 38.8 Å². The Labute approximate surface area is 117 Å². The standard InChI is InChI=1S/C15H28N4/c1-3-4-5-10-17-15(16-2)18-13-8-11-19(12-9-13)14-6-7-14/h3-4,13-14H,5-12H2,1-2H3,(H2,16,17,18)/b4-3+. The van der Waals surface area contributed by atoms with Crippen LogP contribution in [0.5, 0.6) is 0 Å². The van der Waals surface area contributed by atoms with E-state index in [0.717, 1.165) is 25.0 Å². The van der Waals surface area contributed by atoms with Gasteiger partial charge in [-0.1, -0.05) is 12.2 Å². The van der Waals surface area contributed by atoms with E-state index in [2.05, 4.69) is 39.6 Å². The van der Waals surface area contributed by atoms with E-state index >= 15 is 0 Å². The molecule has 0 bridgehead atoms. The second-order valence-corrected chi connectivity index (χ2v) is 5.54. The molecule has 1 heterocycles. The molecular formula is C15H28N4. The molecule has 0 unspecified atom stereocenters. The summed E-state index contributed by atoms with van der Waals surface area (Å²) in [6, 6.07) is 1.50. The second kappa shape index (κ2) is 7.53. The highest BCUT2D eigenvalue weighted by Gasteiger charge is 2.31. The predicted octanol–water partition coefficient (Wildman–Crippen LogP) is 1.74. The number of rotatable bonds is 5. The molecule has 108 valence electrons. The molecule has 1 saturated heterocycles. The van der Waals surface area contributed by atoms with Gasteiger partial charge in [0.1, 0.15) is 0 Å². The molecule has 0 spiro atoms. The smallest absolute Gasteiger partial charge is 0.191 e. The topological polar surface area (TPSA) is 39.7 Å². The Morgan fingerprint density at radius 3 is 2.58 bits per heavy atom.